The molecule has 2 aliphatic heterocycles. The number of nitrogens with one attached hydrogen (secondary N) is 1. The van der Waals surface area contributed by atoms with Crippen molar-refractivity contribution >= 4 is 34.3 Å². The lowest BCUT2D eigenvalue weighted by atomic mass is 9.73. The van der Waals surface area contributed by atoms with Gasteiger partial charge < -0.3 is 15.1 Å². The Labute approximate surface area is 197 Å². The highest BCUT2D eigenvalue weighted by Gasteiger charge is 2.53. The fourth-order valence-corrected chi connectivity index (χ4v) is 4.51. The highest BCUT2D eigenvalue weighted by Crippen LogP contribution is 2.39. The summed E-state index contributed by atoms with van der Waals surface area (Å²) in [6.07, 6.45) is -2.98. The summed E-state index contributed by atoms with van der Waals surface area (Å²) in [6.45, 7) is 4.20. The molecule has 0 saturated carbocycles. The number of halogens is 3. The lowest BCUT2D eigenvalue weighted by Gasteiger charge is -2.60. The molecule has 0 aliphatic carbocycles. The highest BCUT2D eigenvalue weighted by atomic mass is 19.4. The Balaban J connectivity index is 1.21. The molecule has 2 fully saturated rings. The Morgan fingerprint density at radius 2 is 1.77 bits per heavy atom. The maximum Gasteiger partial charge on any atom is 0.433 e. The Bertz CT molecular complexity index is 1340. The number of carbonyl (C=O) groups is 3. The molecule has 0 bridgehead atoms. The topological polar surface area (TPSA) is 100 Å². The van der Waals surface area contributed by atoms with Gasteiger partial charge in [-0.1, -0.05) is 6.07 Å². The second kappa shape index (κ2) is 8.07. The number of alkyl halides is 3. The van der Waals surface area contributed by atoms with E-state index in [1.165, 1.54) is 17.7 Å². The van der Waals surface area contributed by atoms with Gasteiger partial charge in [0.1, 0.15) is 17.9 Å². The lowest BCUT2D eigenvalue weighted by molar-refractivity contribution is -0.167. The van der Waals surface area contributed by atoms with Crippen molar-refractivity contribution in [2.24, 2.45) is 5.41 Å². The molecule has 1 N–H and O–H groups in total. The molecule has 3 amide bonds. The minimum Gasteiger partial charge on any atom is -0.341 e. The number of aromatic nitrogens is 3. The molecule has 4 heterocycles. The van der Waals surface area contributed by atoms with Crippen LogP contribution in [0, 0.1) is 5.41 Å². The first-order valence-corrected chi connectivity index (χ1v) is 10.9. The molecular formula is C23H21F3N6O3. The zero-order chi connectivity index (χ0) is 25.0. The van der Waals surface area contributed by atoms with Crippen molar-refractivity contribution in [2.45, 2.75) is 19.6 Å². The first kappa shape index (κ1) is 22.8. The van der Waals surface area contributed by atoms with Crippen molar-refractivity contribution in [3.63, 3.8) is 0 Å². The van der Waals surface area contributed by atoms with Crippen LogP contribution in [0.2, 0.25) is 0 Å². The molecule has 1 aromatic carbocycles. The molecule has 35 heavy (non-hydrogen) atoms. The molecule has 5 rings (SSSR count). The molecule has 0 atom stereocenters. The lowest BCUT2D eigenvalue weighted by Crippen LogP contribution is -2.73. The molecule has 2 aromatic heterocycles. The maximum absolute atomic E-state index is 12.9. The average molecular weight is 486 g/mol. The summed E-state index contributed by atoms with van der Waals surface area (Å²) >= 11 is 0. The molecule has 12 heteroatoms. The molecule has 2 saturated heterocycles. The third-order valence-corrected chi connectivity index (χ3v) is 6.28. The van der Waals surface area contributed by atoms with E-state index in [9.17, 15) is 27.6 Å². The quantitative estimate of drug-likeness (QED) is 0.611. The van der Waals surface area contributed by atoms with Crippen LogP contribution in [0.15, 0.2) is 42.6 Å². The Kier molecular flexibility index (Phi) is 5.26. The number of amides is 3. The van der Waals surface area contributed by atoms with Crippen LogP contribution in [0.5, 0.6) is 0 Å². The summed E-state index contributed by atoms with van der Waals surface area (Å²) in [6, 6.07) is 7.97. The normalized spacial score (nSPS) is 16.7. The van der Waals surface area contributed by atoms with E-state index in [0.29, 0.717) is 42.8 Å². The standard InChI is InChI=1S/C23H21F3N6O3/c1-14(33)30-10-22(11-30)12-31(13-22)20(34)9-32-8-15-7-16(5-6-17(15)29-32)27-21(35)18-3-2-4-19(28-18)23(24,25)26/h2-8H,9-13H2,1H3,(H,27,35). The predicted molar refractivity (Wildman–Crippen MR) is 118 cm³/mol. The van der Waals surface area contributed by atoms with Crippen LogP contribution in [0.3, 0.4) is 0 Å². The zero-order valence-corrected chi connectivity index (χ0v) is 18.7. The van der Waals surface area contributed by atoms with Gasteiger partial charge in [-0.15, -0.1) is 0 Å². The number of likely N-dealkylation sites (tertiary alicyclic amines) is 2. The van der Waals surface area contributed by atoms with Crippen LogP contribution in [-0.2, 0) is 22.3 Å². The van der Waals surface area contributed by atoms with Crippen molar-refractivity contribution in [2.75, 3.05) is 31.5 Å². The Morgan fingerprint density at radius 1 is 1.06 bits per heavy atom. The van der Waals surface area contributed by atoms with E-state index in [4.69, 9.17) is 0 Å². The monoisotopic (exact) mass is 486 g/mol. The molecule has 3 aromatic rings. The van der Waals surface area contributed by atoms with E-state index >= 15 is 0 Å². The van der Waals surface area contributed by atoms with Gasteiger partial charge in [-0.2, -0.15) is 18.3 Å². The second-order valence-corrected chi connectivity index (χ2v) is 9.09. The van der Waals surface area contributed by atoms with Gasteiger partial charge in [0, 0.05) is 55.8 Å². The third-order valence-electron chi connectivity index (χ3n) is 6.28. The molecule has 0 radical (unpaired) electrons. The fraction of sp³-hybridized carbons (Fsp3) is 0.348. The van der Waals surface area contributed by atoms with E-state index in [1.807, 2.05) is 0 Å². The van der Waals surface area contributed by atoms with Crippen LogP contribution >= 0.6 is 0 Å². The van der Waals surface area contributed by atoms with Crippen molar-refractivity contribution in [3.05, 3.63) is 54.0 Å². The van der Waals surface area contributed by atoms with Crippen LogP contribution in [0.25, 0.3) is 10.9 Å². The van der Waals surface area contributed by atoms with Gasteiger partial charge in [0.2, 0.25) is 11.8 Å². The molecule has 182 valence electrons. The van der Waals surface area contributed by atoms with Gasteiger partial charge in [0.05, 0.1) is 5.52 Å². The van der Waals surface area contributed by atoms with E-state index < -0.39 is 17.8 Å². The number of pyridine rings is 1. The Hall–Kier alpha value is -3.96. The summed E-state index contributed by atoms with van der Waals surface area (Å²) in [5, 5.41) is 7.58. The van der Waals surface area contributed by atoms with E-state index in [0.717, 1.165) is 12.1 Å². The van der Waals surface area contributed by atoms with Gasteiger partial charge in [0.15, 0.2) is 0 Å². The number of anilines is 1. The van der Waals surface area contributed by atoms with E-state index in [1.54, 1.807) is 34.2 Å². The first-order valence-electron chi connectivity index (χ1n) is 10.9. The van der Waals surface area contributed by atoms with Crippen molar-refractivity contribution in [1.82, 2.24) is 24.6 Å². The number of nitrogens with zero attached hydrogens (tertiary/aromatic N) is 5. The predicted octanol–water partition coefficient (Wildman–Crippen LogP) is 2.39. The number of hydrogen-bond acceptors (Lipinski definition) is 5. The number of carbonyl (C=O) groups excluding carboxylic acids is 3. The van der Waals surface area contributed by atoms with Crippen LogP contribution in [0.1, 0.15) is 23.1 Å². The van der Waals surface area contributed by atoms with Crippen LogP contribution in [0.4, 0.5) is 18.9 Å². The van der Waals surface area contributed by atoms with Gasteiger partial charge in [-0.3, -0.25) is 19.1 Å². The maximum atomic E-state index is 12.9. The van der Waals surface area contributed by atoms with Crippen LogP contribution < -0.4 is 5.32 Å². The SMILES string of the molecule is CC(=O)N1CC2(C1)CN(C(=O)Cn1cc3cc(NC(=O)c4cccc(C(F)(F)F)n4)ccc3n1)C2. The Morgan fingerprint density at radius 3 is 2.46 bits per heavy atom. The number of rotatable bonds is 4. The average Bonchev–Trinajstić information content (AvgIpc) is 3.12. The molecular weight excluding hydrogens is 465 g/mol. The van der Waals surface area contributed by atoms with Crippen molar-refractivity contribution in [1.29, 1.82) is 0 Å². The highest BCUT2D eigenvalue weighted by molar-refractivity contribution is 6.03. The van der Waals surface area contributed by atoms with Gasteiger partial charge in [0.25, 0.3) is 5.91 Å². The minimum absolute atomic E-state index is 0.0255. The fourth-order valence-electron chi connectivity index (χ4n) is 4.51. The van der Waals surface area contributed by atoms with Crippen molar-refractivity contribution < 1.29 is 27.6 Å². The summed E-state index contributed by atoms with van der Waals surface area (Å²) in [7, 11) is 0. The van der Waals surface area contributed by atoms with Gasteiger partial charge >= 0.3 is 6.18 Å². The number of hydrogen-bond donors (Lipinski definition) is 1. The summed E-state index contributed by atoms with van der Waals surface area (Å²) in [5.41, 5.74) is -0.515. The second-order valence-electron chi connectivity index (χ2n) is 9.09. The summed E-state index contributed by atoms with van der Waals surface area (Å²) in [5.74, 6) is -0.803. The van der Waals surface area contributed by atoms with E-state index in [-0.39, 0.29) is 29.5 Å². The number of fused-ring (bicyclic) bond motifs is 1. The largest absolute Gasteiger partial charge is 0.433 e. The molecule has 0 unspecified atom stereocenters. The molecule has 1 spiro atoms. The van der Waals surface area contributed by atoms with Gasteiger partial charge in [-0.25, -0.2) is 4.98 Å². The first-order chi connectivity index (χ1) is 16.5. The molecule has 2 aliphatic rings. The van der Waals surface area contributed by atoms with Gasteiger partial charge in [-0.05, 0) is 30.3 Å². The minimum atomic E-state index is -4.65. The smallest absolute Gasteiger partial charge is 0.341 e. The third kappa shape index (κ3) is 4.43. The van der Waals surface area contributed by atoms with Crippen LogP contribution in [-0.4, -0.2) is 68.5 Å². The number of benzene rings is 1. The molecule has 9 nitrogen and oxygen atoms in total. The summed E-state index contributed by atoms with van der Waals surface area (Å²) < 4.78 is 40.1. The van der Waals surface area contributed by atoms with E-state index in [2.05, 4.69) is 15.4 Å². The summed E-state index contributed by atoms with van der Waals surface area (Å²) in [4.78, 5) is 43.3. The van der Waals surface area contributed by atoms with Crippen molar-refractivity contribution in [3.8, 4) is 0 Å². The zero-order valence-electron chi connectivity index (χ0n) is 18.7.